The lowest BCUT2D eigenvalue weighted by atomic mass is 9.96. The minimum atomic E-state index is -0.898. The van der Waals surface area contributed by atoms with E-state index in [-0.39, 0.29) is 0 Å². The van der Waals surface area contributed by atoms with Gasteiger partial charge in [-0.2, -0.15) is 0 Å². The van der Waals surface area contributed by atoms with E-state index in [1.165, 1.54) is 11.6 Å². The average Bonchev–Trinajstić information content (AvgIpc) is 2.28. The van der Waals surface area contributed by atoms with Crippen molar-refractivity contribution in [3.8, 4) is 5.75 Å². The van der Waals surface area contributed by atoms with Gasteiger partial charge < -0.3 is 9.84 Å². The zero-order valence-electron chi connectivity index (χ0n) is 9.19. The highest BCUT2D eigenvalue weighted by molar-refractivity contribution is 5.91. The van der Waals surface area contributed by atoms with Crippen LogP contribution in [0.25, 0.3) is 5.57 Å². The van der Waals surface area contributed by atoms with Gasteiger partial charge in [-0.1, -0.05) is 13.0 Å². The molecule has 84 valence electrons. The monoisotopic (exact) mass is 218 g/mol. The number of carboxylic acids is 1. The first-order valence-corrected chi connectivity index (χ1v) is 5.40. The summed E-state index contributed by atoms with van der Waals surface area (Å²) in [5.41, 5.74) is 2.97. The van der Waals surface area contributed by atoms with Crippen molar-refractivity contribution < 1.29 is 14.6 Å². The van der Waals surface area contributed by atoms with Crippen LogP contribution in [-0.4, -0.2) is 17.7 Å². The maximum absolute atomic E-state index is 10.7. The molecule has 0 atom stereocenters. The fourth-order valence-corrected chi connectivity index (χ4v) is 1.88. The quantitative estimate of drug-likeness (QED) is 0.776. The molecule has 0 aliphatic carbocycles. The minimum absolute atomic E-state index is 0.553. The first kappa shape index (κ1) is 10.7. The molecule has 3 nitrogen and oxygen atoms in total. The van der Waals surface area contributed by atoms with E-state index in [1.54, 1.807) is 0 Å². The number of benzene rings is 1. The molecule has 3 heteroatoms. The molecule has 0 saturated carbocycles. The molecule has 0 aromatic heterocycles. The molecule has 1 N–H and O–H groups in total. The number of aryl methyl sites for hydroxylation is 1. The van der Waals surface area contributed by atoms with E-state index >= 15 is 0 Å². The van der Waals surface area contributed by atoms with Gasteiger partial charge in [-0.05, 0) is 29.7 Å². The molecule has 1 heterocycles. The predicted molar refractivity (Wildman–Crippen MR) is 61.5 cm³/mol. The molecule has 0 radical (unpaired) electrons. The van der Waals surface area contributed by atoms with E-state index < -0.39 is 5.97 Å². The average molecular weight is 218 g/mol. The molecule has 2 rings (SSSR count). The van der Waals surface area contributed by atoms with Gasteiger partial charge in [0.15, 0.2) is 0 Å². The zero-order chi connectivity index (χ0) is 11.5. The van der Waals surface area contributed by atoms with Crippen LogP contribution in [0.4, 0.5) is 0 Å². The summed E-state index contributed by atoms with van der Waals surface area (Å²) in [7, 11) is 0. The first-order valence-electron chi connectivity index (χ1n) is 5.40. The van der Waals surface area contributed by atoms with Crippen LogP contribution in [0, 0.1) is 0 Å². The Hall–Kier alpha value is -1.77. The Morgan fingerprint density at radius 3 is 3.06 bits per heavy atom. The number of hydrogen-bond donors (Lipinski definition) is 1. The van der Waals surface area contributed by atoms with Crippen LogP contribution in [0.3, 0.4) is 0 Å². The van der Waals surface area contributed by atoms with Crippen LogP contribution in [0.2, 0.25) is 0 Å². The van der Waals surface area contributed by atoms with Crippen LogP contribution in [0.5, 0.6) is 5.75 Å². The Labute approximate surface area is 94.4 Å². The fraction of sp³-hybridized carbons (Fsp3) is 0.308. The molecule has 16 heavy (non-hydrogen) atoms. The van der Waals surface area contributed by atoms with Gasteiger partial charge in [-0.25, -0.2) is 4.79 Å². The van der Waals surface area contributed by atoms with Crippen molar-refractivity contribution in [2.24, 2.45) is 0 Å². The molecule has 1 aromatic rings. The van der Waals surface area contributed by atoms with Crippen molar-refractivity contribution in [1.29, 1.82) is 0 Å². The molecule has 0 amide bonds. The van der Waals surface area contributed by atoms with Gasteiger partial charge in [-0.3, -0.25) is 0 Å². The van der Waals surface area contributed by atoms with E-state index in [2.05, 4.69) is 6.92 Å². The van der Waals surface area contributed by atoms with Gasteiger partial charge in [0.1, 0.15) is 5.75 Å². The maximum Gasteiger partial charge on any atom is 0.328 e. The van der Waals surface area contributed by atoms with Crippen molar-refractivity contribution in [3.63, 3.8) is 0 Å². The van der Waals surface area contributed by atoms with Crippen LogP contribution in [0.1, 0.15) is 24.5 Å². The Morgan fingerprint density at radius 2 is 2.38 bits per heavy atom. The van der Waals surface area contributed by atoms with Crippen molar-refractivity contribution in [2.75, 3.05) is 6.61 Å². The summed E-state index contributed by atoms with van der Waals surface area (Å²) in [4.78, 5) is 10.7. The smallest absolute Gasteiger partial charge is 0.328 e. The zero-order valence-corrected chi connectivity index (χ0v) is 9.19. The highest BCUT2D eigenvalue weighted by atomic mass is 16.5. The van der Waals surface area contributed by atoms with Gasteiger partial charge in [0.05, 0.1) is 6.61 Å². The summed E-state index contributed by atoms with van der Waals surface area (Å²) < 4.78 is 5.50. The third-order valence-electron chi connectivity index (χ3n) is 2.72. The summed E-state index contributed by atoms with van der Waals surface area (Å²) in [5.74, 6) is -0.110. The lowest BCUT2D eigenvalue weighted by Gasteiger charge is -2.20. The third kappa shape index (κ3) is 2.08. The third-order valence-corrected chi connectivity index (χ3v) is 2.72. The van der Waals surface area contributed by atoms with Crippen LogP contribution < -0.4 is 4.74 Å². The number of fused-ring (bicyclic) bond motifs is 1. The second kappa shape index (κ2) is 4.39. The second-order valence-corrected chi connectivity index (χ2v) is 3.79. The van der Waals surface area contributed by atoms with Crippen LogP contribution in [0.15, 0.2) is 24.3 Å². The Kier molecular flexibility index (Phi) is 2.95. The van der Waals surface area contributed by atoms with Crippen molar-refractivity contribution in [1.82, 2.24) is 0 Å². The molecule has 0 spiro atoms. The van der Waals surface area contributed by atoms with Crippen LogP contribution in [-0.2, 0) is 11.2 Å². The lowest BCUT2D eigenvalue weighted by molar-refractivity contribution is -0.131. The molecule has 0 fully saturated rings. The number of hydrogen-bond acceptors (Lipinski definition) is 2. The van der Waals surface area contributed by atoms with Crippen molar-refractivity contribution >= 4 is 11.5 Å². The highest BCUT2D eigenvalue weighted by Crippen LogP contribution is 2.33. The topological polar surface area (TPSA) is 46.5 Å². The van der Waals surface area contributed by atoms with E-state index in [9.17, 15) is 4.79 Å². The van der Waals surface area contributed by atoms with Gasteiger partial charge in [-0.15, -0.1) is 0 Å². The molecule has 1 aliphatic rings. The highest BCUT2D eigenvalue weighted by Gasteiger charge is 2.16. The van der Waals surface area contributed by atoms with E-state index in [4.69, 9.17) is 9.84 Å². The van der Waals surface area contributed by atoms with Gasteiger partial charge in [0.25, 0.3) is 0 Å². The first-order chi connectivity index (χ1) is 7.70. The van der Waals surface area contributed by atoms with Crippen molar-refractivity contribution in [3.05, 3.63) is 35.4 Å². The van der Waals surface area contributed by atoms with Gasteiger partial charge in [0, 0.05) is 18.1 Å². The van der Waals surface area contributed by atoms with E-state index in [0.29, 0.717) is 13.0 Å². The summed E-state index contributed by atoms with van der Waals surface area (Å²) in [6.45, 7) is 2.63. The Bertz CT molecular complexity index is 446. The largest absolute Gasteiger partial charge is 0.493 e. The van der Waals surface area contributed by atoms with Gasteiger partial charge >= 0.3 is 5.97 Å². The van der Waals surface area contributed by atoms with E-state index in [1.807, 2.05) is 18.2 Å². The molecule has 0 saturated heterocycles. The molecule has 0 unspecified atom stereocenters. The molecule has 1 aliphatic heterocycles. The maximum atomic E-state index is 10.7. The second-order valence-electron chi connectivity index (χ2n) is 3.79. The minimum Gasteiger partial charge on any atom is -0.493 e. The van der Waals surface area contributed by atoms with Crippen molar-refractivity contribution in [2.45, 2.75) is 19.8 Å². The summed E-state index contributed by atoms with van der Waals surface area (Å²) in [6.07, 6.45) is 2.88. The van der Waals surface area contributed by atoms with Crippen LogP contribution >= 0.6 is 0 Å². The number of aliphatic carboxylic acids is 1. The fourth-order valence-electron chi connectivity index (χ4n) is 1.88. The van der Waals surface area contributed by atoms with Gasteiger partial charge in [0.2, 0.25) is 0 Å². The number of carbonyl (C=O) groups is 1. The standard InChI is InChI=1S/C13H14O3/c1-2-9-3-4-12-11(7-9)10(5-6-16-12)8-13(14)15/h3-4,7-8H,2,5-6H2,1H3,(H,14,15)/b10-8+. The number of rotatable bonds is 2. The molecular weight excluding hydrogens is 204 g/mol. The Balaban J connectivity index is 2.47. The molecular formula is C13H14O3. The Morgan fingerprint density at radius 1 is 1.56 bits per heavy atom. The molecule has 0 bridgehead atoms. The summed E-state index contributed by atoms with van der Waals surface area (Å²) in [6, 6.07) is 5.95. The SMILES string of the molecule is CCc1ccc2c(c1)/C(=C/C(=O)O)CCO2. The molecule has 1 aromatic carbocycles. The number of ether oxygens (including phenoxy) is 1. The van der Waals surface area contributed by atoms with E-state index in [0.717, 1.165) is 23.3 Å². The predicted octanol–water partition coefficient (Wildman–Crippen LogP) is 2.50. The number of carboxylic acid groups (broad SMARTS) is 1. The normalized spacial score (nSPS) is 16.7. The lowest BCUT2D eigenvalue weighted by Crippen LogP contribution is -2.09. The summed E-state index contributed by atoms with van der Waals surface area (Å²) >= 11 is 0. The summed E-state index contributed by atoms with van der Waals surface area (Å²) in [5, 5.41) is 8.80.